The van der Waals surface area contributed by atoms with Crippen LogP contribution in [0.2, 0.25) is 0 Å². The normalized spacial score (nSPS) is 16.0. The molecule has 0 saturated heterocycles. The van der Waals surface area contributed by atoms with Crippen LogP contribution in [-0.4, -0.2) is 75.8 Å². The Kier molecular flexibility index (Phi) is 10.7. The lowest BCUT2D eigenvalue weighted by Crippen LogP contribution is -2.58. The Labute approximate surface area is 161 Å². The lowest BCUT2D eigenvalue weighted by atomic mass is 9.99. The summed E-state index contributed by atoms with van der Waals surface area (Å²) in [5.74, 6) is -5.61. The number of amides is 3. The van der Waals surface area contributed by atoms with E-state index in [1.165, 1.54) is 6.92 Å². The van der Waals surface area contributed by atoms with Crippen molar-refractivity contribution in [3.8, 4) is 0 Å². The molecule has 0 heterocycles. The molecule has 0 radical (unpaired) electrons. The van der Waals surface area contributed by atoms with Gasteiger partial charge in [-0.2, -0.15) is 0 Å². The first-order chi connectivity index (χ1) is 12.9. The van der Waals surface area contributed by atoms with Gasteiger partial charge in [-0.3, -0.25) is 19.2 Å². The van der Waals surface area contributed by atoms with E-state index >= 15 is 0 Å². The van der Waals surface area contributed by atoms with Crippen LogP contribution in [-0.2, 0) is 24.0 Å². The molecule has 0 spiro atoms. The quantitative estimate of drug-likeness (QED) is 0.181. The van der Waals surface area contributed by atoms with Crippen molar-refractivity contribution in [2.24, 2.45) is 11.7 Å². The van der Waals surface area contributed by atoms with Crippen LogP contribution < -0.4 is 21.7 Å². The number of hydrogen-bond donors (Lipinski definition) is 7. The molecule has 3 amide bonds. The summed E-state index contributed by atoms with van der Waals surface area (Å²) in [7, 11) is 0. The van der Waals surface area contributed by atoms with E-state index < -0.39 is 66.9 Å². The summed E-state index contributed by atoms with van der Waals surface area (Å²) in [4.78, 5) is 57.8. The molecule has 0 bridgehead atoms. The highest BCUT2D eigenvalue weighted by Gasteiger charge is 2.29. The van der Waals surface area contributed by atoms with Gasteiger partial charge in [0, 0.05) is 0 Å². The Balaban J connectivity index is 4.88. The maximum absolute atomic E-state index is 12.1. The van der Waals surface area contributed by atoms with E-state index in [-0.39, 0.29) is 5.92 Å². The van der Waals surface area contributed by atoms with Crippen LogP contribution in [0.15, 0.2) is 0 Å². The zero-order chi connectivity index (χ0) is 22.0. The van der Waals surface area contributed by atoms with Gasteiger partial charge in [-0.15, -0.1) is 0 Å². The first kappa shape index (κ1) is 25.3. The summed E-state index contributed by atoms with van der Waals surface area (Å²) in [6.45, 7) is 4.10. The van der Waals surface area contributed by atoms with E-state index in [0.717, 1.165) is 0 Å². The maximum atomic E-state index is 12.1. The van der Waals surface area contributed by atoms with Crippen molar-refractivity contribution >= 4 is 29.7 Å². The molecule has 5 atom stereocenters. The number of carbonyl (C=O) groups excluding carboxylic acids is 3. The van der Waals surface area contributed by atoms with Crippen LogP contribution in [0.1, 0.15) is 33.6 Å². The Hall–Kier alpha value is -2.73. The lowest BCUT2D eigenvalue weighted by Gasteiger charge is -2.23. The third kappa shape index (κ3) is 8.31. The maximum Gasteiger partial charge on any atom is 0.326 e. The average molecular weight is 404 g/mol. The van der Waals surface area contributed by atoms with Crippen LogP contribution in [0.3, 0.4) is 0 Å². The number of carboxylic acid groups (broad SMARTS) is 2. The SMILES string of the molecule is CCC(C)C(N)C(=O)NC(C)C(=O)NC(CO)C(=O)NC(CC(=O)O)C(=O)O. The third-order valence-electron chi connectivity index (χ3n) is 4.12. The summed E-state index contributed by atoms with van der Waals surface area (Å²) >= 11 is 0. The van der Waals surface area contributed by atoms with E-state index in [0.29, 0.717) is 6.42 Å². The van der Waals surface area contributed by atoms with Gasteiger partial charge in [-0.05, 0) is 12.8 Å². The van der Waals surface area contributed by atoms with Gasteiger partial charge >= 0.3 is 11.9 Å². The Bertz CT molecular complexity index is 597. The molecule has 0 fully saturated rings. The highest BCUT2D eigenvalue weighted by atomic mass is 16.4. The molecule has 12 heteroatoms. The van der Waals surface area contributed by atoms with Gasteiger partial charge in [0.2, 0.25) is 17.7 Å². The second-order valence-electron chi connectivity index (χ2n) is 6.38. The van der Waals surface area contributed by atoms with Crippen molar-refractivity contribution in [3.63, 3.8) is 0 Å². The second-order valence-corrected chi connectivity index (χ2v) is 6.38. The topological polar surface area (TPSA) is 208 Å². The fourth-order valence-corrected chi connectivity index (χ4v) is 2.03. The number of nitrogens with two attached hydrogens (primary N) is 1. The minimum atomic E-state index is -1.73. The minimum absolute atomic E-state index is 0.117. The van der Waals surface area contributed by atoms with Crippen molar-refractivity contribution < 1.29 is 39.3 Å². The number of aliphatic carboxylic acids is 2. The molecule has 0 aliphatic rings. The molecule has 0 saturated carbocycles. The standard InChI is InChI=1S/C16H28N4O8/c1-4-7(2)12(17)15(26)18-8(3)13(24)20-10(6-21)14(25)19-9(16(27)28)5-11(22)23/h7-10,12,21H,4-6,17H2,1-3H3,(H,18,26)(H,19,25)(H,20,24)(H,22,23)(H,27,28). The van der Waals surface area contributed by atoms with Gasteiger partial charge in [0.05, 0.1) is 19.1 Å². The van der Waals surface area contributed by atoms with Gasteiger partial charge in [0.15, 0.2) is 0 Å². The van der Waals surface area contributed by atoms with Gasteiger partial charge in [0.1, 0.15) is 18.1 Å². The average Bonchev–Trinajstić information content (AvgIpc) is 2.62. The number of aliphatic hydroxyl groups excluding tert-OH is 1. The largest absolute Gasteiger partial charge is 0.481 e. The number of nitrogens with one attached hydrogen (secondary N) is 3. The van der Waals surface area contributed by atoms with E-state index in [1.54, 1.807) is 6.92 Å². The zero-order valence-corrected chi connectivity index (χ0v) is 16.0. The van der Waals surface area contributed by atoms with E-state index in [9.17, 15) is 29.1 Å². The Morgan fingerprint density at radius 3 is 1.86 bits per heavy atom. The van der Waals surface area contributed by atoms with E-state index in [4.69, 9.17) is 15.9 Å². The highest BCUT2D eigenvalue weighted by Crippen LogP contribution is 2.05. The van der Waals surface area contributed by atoms with Crippen molar-refractivity contribution in [1.29, 1.82) is 0 Å². The number of hydrogen-bond acceptors (Lipinski definition) is 7. The number of carbonyl (C=O) groups is 5. The summed E-state index contributed by atoms with van der Waals surface area (Å²) in [5, 5.41) is 33.3. The van der Waals surface area contributed by atoms with E-state index in [2.05, 4.69) is 10.6 Å². The molecule has 8 N–H and O–H groups in total. The van der Waals surface area contributed by atoms with Crippen molar-refractivity contribution in [2.45, 2.75) is 57.8 Å². The monoisotopic (exact) mass is 404 g/mol. The lowest BCUT2D eigenvalue weighted by molar-refractivity contribution is -0.147. The predicted molar refractivity (Wildman–Crippen MR) is 95.9 cm³/mol. The summed E-state index contributed by atoms with van der Waals surface area (Å²) in [5.41, 5.74) is 5.77. The van der Waals surface area contributed by atoms with Crippen LogP contribution >= 0.6 is 0 Å². The Morgan fingerprint density at radius 2 is 1.43 bits per heavy atom. The molecule has 12 nitrogen and oxygen atoms in total. The van der Waals surface area contributed by atoms with Crippen molar-refractivity contribution in [2.75, 3.05) is 6.61 Å². The van der Waals surface area contributed by atoms with Crippen molar-refractivity contribution in [3.05, 3.63) is 0 Å². The minimum Gasteiger partial charge on any atom is -0.481 e. The summed E-state index contributed by atoms with van der Waals surface area (Å²) in [6.07, 6.45) is -0.226. The van der Waals surface area contributed by atoms with E-state index in [1.807, 2.05) is 12.2 Å². The molecule has 0 aliphatic heterocycles. The third-order valence-corrected chi connectivity index (χ3v) is 4.12. The Morgan fingerprint density at radius 1 is 0.893 bits per heavy atom. The predicted octanol–water partition coefficient (Wildman–Crippen LogP) is -2.61. The van der Waals surface area contributed by atoms with Gasteiger partial charge in [0.25, 0.3) is 0 Å². The number of aliphatic hydroxyl groups is 1. The van der Waals surface area contributed by atoms with Crippen LogP contribution in [0.4, 0.5) is 0 Å². The molecule has 0 aliphatic carbocycles. The molecule has 5 unspecified atom stereocenters. The molecule has 0 aromatic heterocycles. The van der Waals surface area contributed by atoms with Gasteiger partial charge in [-0.25, -0.2) is 4.79 Å². The van der Waals surface area contributed by atoms with Crippen LogP contribution in [0.5, 0.6) is 0 Å². The molecule has 28 heavy (non-hydrogen) atoms. The zero-order valence-electron chi connectivity index (χ0n) is 16.0. The fraction of sp³-hybridized carbons (Fsp3) is 0.688. The fourth-order valence-electron chi connectivity index (χ4n) is 2.03. The molecule has 0 aromatic rings. The van der Waals surface area contributed by atoms with Gasteiger partial charge in [-0.1, -0.05) is 20.3 Å². The first-order valence-electron chi connectivity index (χ1n) is 8.66. The first-order valence-corrected chi connectivity index (χ1v) is 8.66. The molecule has 160 valence electrons. The van der Waals surface area contributed by atoms with Crippen molar-refractivity contribution in [1.82, 2.24) is 16.0 Å². The van der Waals surface area contributed by atoms with Crippen LogP contribution in [0, 0.1) is 5.92 Å². The van der Waals surface area contributed by atoms with Crippen LogP contribution in [0.25, 0.3) is 0 Å². The number of rotatable bonds is 12. The molecule has 0 rings (SSSR count). The van der Waals surface area contributed by atoms with Gasteiger partial charge < -0.3 is 37.0 Å². The summed E-state index contributed by atoms with van der Waals surface area (Å²) in [6, 6.07) is -5.18. The molecule has 0 aromatic carbocycles. The highest BCUT2D eigenvalue weighted by molar-refractivity contribution is 5.94. The smallest absolute Gasteiger partial charge is 0.326 e. The summed E-state index contributed by atoms with van der Waals surface area (Å²) < 4.78 is 0. The molecular formula is C16H28N4O8. The number of carboxylic acids is 2. The second kappa shape index (κ2) is 11.9. The molecular weight excluding hydrogens is 376 g/mol.